The molecule has 126 valence electrons. The molecule has 0 aliphatic carbocycles. The van der Waals surface area contributed by atoms with E-state index in [0.29, 0.717) is 23.7 Å². The molecule has 3 heteroatoms. The number of benzene rings is 1. The van der Waals surface area contributed by atoms with Gasteiger partial charge in [-0.1, -0.05) is 38.1 Å². The van der Waals surface area contributed by atoms with E-state index in [1.54, 1.807) is 0 Å². The van der Waals surface area contributed by atoms with Crippen LogP contribution < -0.4 is 5.32 Å². The molecule has 2 aliphatic heterocycles. The lowest BCUT2D eigenvalue weighted by atomic mass is 9.78. The predicted molar refractivity (Wildman–Crippen MR) is 94.6 cm³/mol. The summed E-state index contributed by atoms with van der Waals surface area (Å²) in [5.41, 5.74) is 3.13. The standard InChI is InChI=1S/C20H30N2O/c1-16(2)18-6-3-17(4-7-18)5-8-19(23)22-13-10-20(11-14-22)9-12-21-15-20/h3-4,6-7,16,21H,5,8-15H2,1-2H3. The van der Waals surface area contributed by atoms with Crippen LogP contribution in [0.15, 0.2) is 24.3 Å². The van der Waals surface area contributed by atoms with Crippen molar-refractivity contribution in [1.82, 2.24) is 10.2 Å². The lowest BCUT2D eigenvalue weighted by molar-refractivity contribution is -0.133. The van der Waals surface area contributed by atoms with Crippen LogP contribution in [0.5, 0.6) is 0 Å². The third-order valence-electron chi connectivity index (χ3n) is 5.78. The second-order valence-electron chi connectivity index (χ2n) is 7.70. The van der Waals surface area contributed by atoms with Gasteiger partial charge in [-0.2, -0.15) is 0 Å². The normalized spacial score (nSPS) is 20.4. The van der Waals surface area contributed by atoms with E-state index in [4.69, 9.17) is 0 Å². The second-order valence-corrected chi connectivity index (χ2v) is 7.70. The van der Waals surface area contributed by atoms with Crippen LogP contribution in [0.25, 0.3) is 0 Å². The van der Waals surface area contributed by atoms with E-state index in [2.05, 4.69) is 48.3 Å². The van der Waals surface area contributed by atoms with Crippen LogP contribution in [0.1, 0.15) is 56.6 Å². The van der Waals surface area contributed by atoms with Gasteiger partial charge in [-0.15, -0.1) is 0 Å². The highest BCUT2D eigenvalue weighted by atomic mass is 16.2. The van der Waals surface area contributed by atoms with E-state index in [0.717, 1.165) is 32.6 Å². The van der Waals surface area contributed by atoms with Crippen LogP contribution in [0, 0.1) is 5.41 Å². The average molecular weight is 314 g/mol. The van der Waals surface area contributed by atoms with E-state index < -0.39 is 0 Å². The van der Waals surface area contributed by atoms with Crippen molar-refractivity contribution in [2.45, 2.75) is 51.9 Å². The number of nitrogens with zero attached hydrogens (tertiary/aromatic N) is 1. The van der Waals surface area contributed by atoms with E-state index in [9.17, 15) is 4.79 Å². The van der Waals surface area contributed by atoms with Gasteiger partial charge in [0.25, 0.3) is 0 Å². The zero-order chi connectivity index (χ0) is 16.3. The van der Waals surface area contributed by atoms with Gasteiger partial charge in [0, 0.05) is 26.1 Å². The Labute approximate surface area is 140 Å². The first kappa shape index (κ1) is 16.5. The van der Waals surface area contributed by atoms with Gasteiger partial charge in [-0.05, 0) is 54.7 Å². The first-order valence-electron chi connectivity index (χ1n) is 9.15. The fourth-order valence-electron chi connectivity index (χ4n) is 3.93. The predicted octanol–water partition coefficient (Wildman–Crippen LogP) is 3.34. The zero-order valence-electron chi connectivity index (χ0n) is 14.6. The molecule has 1 aromatic rings. The fraction of sp³-hybridized carbons (Fsp3) is 0.650. The number of aryl methyl sites for hydroxylation is 1. The Kier molecular flexibility index (Phi) is 5.05. The van der Waals surface area contributed by atoms with Gasteiger partial charge in [0.2, 0.25) is 5.91 Å². The van der Waals surface area contributed by atoms with Crippen molar-refractivity contribution in [3.8, 4) is 0 Å². The third kappa shape index (κ3) is 3.95. The summed E-state index contributed by atoms with van der Waals surface area (Å²) in [4.78, 5) is 14.5. The van der Waals surface area contributed by atoms with Crippen molar-refractivity contribution in [3.05, 3.63) is 35.4 Å². The van der Waals surface area contributed by atoms with Gasteiger partial charge in [0.15, 0.2) is 0 Å². The molecule has 1 N–H and O–H groups in total. The monoisotopic (exact) mass is 314 g/mol. The smallest absolute Gasteiger partial charge is 0.222 e. The van der Waals surface area contributed by atoms with Crippen molar-refractivity contribution in [3.63, 3.8) is 0 Å². The van der Waals surface area contributed by atoms with Crippen LogP contribution in [-0.4, -0.2) is 37.0 Å². The van der Waals surface area contributed by atoms with E-state index in [-0.39, 0.29) is 0 Å². The maximum absolute atomic E-state index is 12.5. The van der Waals surface area contributed by atoms with E-state index in [1.807, 2.05) is 0 Å². The van der Waals surface area contributed by atoms with Gasteiger partial charge >= 0.3 is 0 Å². The molecule has 2 heterocycles. The third-order valence-corrected chi connectivity index (χ3v) is 5.78. The summed E-state index contributed by atoms with van der Waals surface area (Å²) in [7, 11) is 0. The summed E-state index contributed by atoms with van der Waals surface area (Å²) in [6, 6.07) is 8.75. The summed E-state index contributed by atoms with van der Waals surface area (Å²) in [6.45, 7) is 8.63. The number of hydrogen-bond acceptors (Lipinski definition) is 2. The Morgan fingerprint density at radius 2 is 1.87 bits per heavy atom. The minimum Gasteiger partial charge on any atom is -0.343 e. The Hall–Kier alpha value is -1.35. The lowest BCUT2D eigenvalue weighted by Gasteiger charge is -2.39. The summed E-state index contributed by atoms with van der Waals surface area (Å²) in [5, 5.41) is 3.48. The summed E-state index contributed by atoms with van der Waals surface area (Å²) in [5.74, 6) is 0.898. The summed E-state index contributed by atoms with van der Waals surface area (Å²) < 4.78 is 0. The molecule has 0 radical (unpaired) electrons. The molecule has 2 fully saturated rings. The number of piperidine rings is 1. The molecule has 23 heavy (non-hydrogen) atoms. The van der Waals surface area contributed by atoms with Gasteiger partial charge in [-0.3, -0.25) is 4.79 Å². The molecule has 1 aromatic carbocycles. The van der Waals surface area contributed by atoms with Crippen LogP contribution in [0.2, 0.25) is 0 Å². The van der Waals surface area contributed by atoms with Crippen molar-refractivity contribution in [2.75, 3.05) is 26.2 Å². The molecule has 1 amide bonds. The maximum Gasteiger partial charge on any atom is 0.222 e. The van der Waals surface area contributed by atoms with Gasteiger partial charge < -0.3 is 10.2 Å². The molecule has 0 atom stereocenters. The number of nitrogens with one attached hydrogen (secondary N) is 1. The molecule has 3 rings (SSSR count). The van der Waals surface area contributed by atoms with Gasteiger partial charge in [-0.25, -0.2) is 0 Å². The summed E-state index contributed by atoms with van der Waals surface area (Å²) >= 11 is 0. The lowest BCUT2D eigenvalue weighted by Crippen LogP contribution is -2.44. The summed E-state index contributed by atoms with van der Waals surface area (Å²) in [6.07, 6.45) is 5.15. The largest absolute Gasteiger partial charge is 0.343 e. The highest BCUT2D eigenvalue weighted by Gasteiger charge is 2.37. The van der Waals surface area contributed by atoms with Gasteiger partial charge in [0.05, 0.1) is 0 Å². The molecular formula is C20H30N2O. The Balaban J connectivity index is 1.46. The molecular weight excluding hydrogens is 284 g/mol. The Bertz CT molecular complexity index is 519. The van der Waals surface area contributed by atoms with Crippen LogP contribution in [0.3, 0.4) is 0 Å². The number of hydrogen-bond donors (Lipinski definition) is 1. The van der Waals surface area contributed by atoms with Gasteiger partial charge in [0.1, 0.15) is 0 Å². The molecule has 3 nitrogen and oxygen atoms in total. The quantitative estimate of drug-likeness (QED) is 0.924. The molecule has 0 aromatic heterocycles. The number of likely N-dealkylation sites (tertiary alicyclic amines) is 1. The highest BCUT2D eigenvalue weighted by molar-refractivity contribution is 5.76. The van der Waals surface area contributed by atoms with Crippen molar-refractivity contribution in [1.29, 1.82) is 0 Å². The molecule has 0 unspecified atom stereocenters. The number of carbonyl (C=O) groups excluding carboxylic acids is 1. The first-order chi connectivity index (χ1) is 11.1. The number of rotatable bonds is 4. The number of carbonyl (C=O) groups is 1. The minimum atomic E-state index is 0.332. The van der Waals surface area contributed by atoms with Crippen LogP contribution in [0.4, 0.5) is 0 Å². The average Bonchev–Trinajstić information content (AvgIpc) is 3.02. The number of amides is 1. The zero-order valence-corrected chi connectivity index (χ0v) is 14.6. The highest BCUT2D eigenvalue weighted by Crippen LogP contribution is 2.37. The first-order valence-corrected chi connectivity index (χ1v) is 9.15. The molecule has 2 aliphatic rings. The molecule has 2 saturated heterocycles. The van der Waals surface area contributed by atoms with E-state index >= 15 is 0 Å². The Morgan fingerprint density at radius 3 is 2.43 bits per heavy atom. The van der Waals surface area contributed by atoms with Crippen molar-refractivity contribution in [2.24, 2.45) is 5.41 Å². The molecule has 0 bridgehead atoms. The Morgan fingerprint density at radius 1 is 1.17 bits per heavy atom. The maximum atomic E-state index is 12.5. The van der Waals surface area contributed by atoms with Crippen LogP contribution >= 0.6 is 0 Å². The van der Waals surface area contributed by atoms with Crippen molar-refractivity contribution < 1.29 is 4.79 Å². The molecule has 0 saturated carbocycles. The van der Waals surface area contributed by atoms with E-state index in [1.165, 1.54) is 30.4 Å². The second kappa shape index (κ2) is 7.04. The fourth-order valence-corrected chi connectivity index (χ4v) is 3.93. The van der Waals surface area contributed by atoms with Crippen molar-refractivity contribution >= 4 is 5.91 Å². The minimum absolute atomic E-state index is 0.332. The molecule has 1 spiro atoms. The topological polar surface area (TPSA) is 32.3 Å². The SMILES string of the molecule is CC(C)c1ccc(CCC(=O)N2CCC3(CCNC3)CC2)cc1. The van der Waals surface area contributed by atoms with Crippen LogP contribution in [-0.2, 0) is 11.2 Å².